The van der Waals surface area contributed by atoms with Crippen LogP contribution < -0.4 is 0 Å². The Morgan fingerprint density at radius 2 is 0.889 bits per heavy atom. The SMILES string of the molecule is CCCCCCCCCCC[N+](C)(C)CCCC. The Labute approximate surface area is 117 Å². The molecule has 0 unspecified atom stereocenters. The number of nitrogens with zero attached hydrogens (tertiary/aromatic N) is 1. The van der Waals surface area contributed by atoms with Gasteiger partial charge in [0, 0.05) is 0 Å². The van der Waals surface area contributed by atoms with Gasteiger partial charge in [-0.3, -0.25) is 0 Å². The molecule has 0 aliphatic rings. The third-order valence-corrected chi connectivity index (χ3v) is 3.98. The molecule has 110 valence electrons. The monoisotopic (exact) mass is 256 g/mol. The highest BCUT2D eigenvalue weighted by atomic mass is 15.3. The van der Waals surface area contributed by atoms with Crippen LogP contribution in [0.3, 0.4) is 0 Å². The van der Waals surface area contributed by atoms with Crippen molar-refractivity contribution in [3.05, 3.63) is 0 Å². The van der Waals surface area contributed by atoms with E-state index in [-0.39, 0.29) is 0 Å². The van der Waals surface area contributed by atoms with Crippen molar-refractivity contribution in [1.82, 2.24) is 0 Å². The highest BCUT2D eigenvalue weighted by Crippen LogP contribution is 2.11. The molecular weight excluding hydrogens is 218 g/mol. The molecule has 0 aromatic heterocycles. The van der Waals surface area contributed by atoms with Crippen molar-refractivity contribution < 1.29 is 4.48 Å². The van der Waals surface area contributed by atoms with Gasteiger partial charge in [0.05, 0.1) is 27.2 Å². The van der Waals surface area contributed by atoms with Gasteiger partial charge in [-0.25, -0.2) is 0 Å². The lowest BCUT2D eigenvalue weighted by molar-refractivity contribution is -0.890. The van der Waals surface area contributed by atoms with Crippen molar-refractivity contribution in [2.45, 2.75) is 84.5 Å². The molecule has 18 heavy (non-hydrogen) atoms. The van der Waals surface area contributed by atoms with Crippen LogP contribution in [0, 0.1) is 0 Å². The van der Waals surface area contributed by atoms with Crippen LogP contribution in [-0.4, -0.2) is 31.7 Å². The zero-order valence-corrected chi connectivity index (χ0v) is 13.6. The maximum Gasteiger partial charge on any atom is 0.0782 e. The Bertz CT molecular complexity index is 163. The number of quaternary nitrogens is 1. The van der Waals surface area contributed by atoms with Crippen LogP contribution in [0.1, 0.15) is 84.5 Å². The average Bonchev–Trinajstić information content (AvgIpc) is 2.34. The second-order valence-electron chi connectivity index (χ2n) is 6.56. The molecule has 0 rings (SSSR count). The van der Waals surface area contributed by atoms with E-state index in [4.69, 9.17) is 0 Å². The van der Waals surface area contributed by atoms with Crippen molar-refractivity contribution >= 4 is 0 Å². The fraction of sp³-hybridized carbons (Fsp3) is 1.00. The van der Waals surface area contributed by atoms with E-state index < -0.39 is 0 Å². The van der Waals surface area contributed by atoms with Gasteiger partial charge in [-0.15, -0.1) is 0 Å². The van der Waals surface area contributed by atoms with E-state index in [0.717, 1.165) is 0 Å². The molecule has 0 aliphatic carbocycles. The summed E-state index contributed by atoms with van der Waals surface area (Å²) in [6.45, 7) is 7.31. The lowest BCUT2D eigenvalue weighted by Crippen LogP contribution is -2.41. The summed E-state index contributed by atoms with van der Waals surface area (Å²) in [5, 5.41) is 0. The van der Waals surface area contributed by atoms with E-state index in [1.165, 1.54) is 88.2 Å². The van der Waals surface area contributed by atoms with Crippen LogP contribution in [-0.2, 0) is 0 Å². The van der Waals surface area contributed by atoms with Crippen molar-refractivity contribution in [3.8, 4) is 0 Å². The fourth-order valence-electron chi connectivity index (χ4n) is 2.55. The largest absolute Gasteiger partial charge is 0.328 e. The average molecular weight is 256 g/mol. The minimum atomic E-state index is 1.23. The standard InChI is InChI=1S/C17H38N/c1-5-7-9-10-11-12-13-14-15-17-18(3,4)16-8-6-2/h5-17H2,1-4H3/q+1. The van der Waals surface area contributed by atoms with Gasteiger partial charge in [-0.05, 0) is 19.3 Å². The lowest BCUT2D eigenvalue weighted by atomic mass is 10.1. The van der Waals surface area contributed by atoms with E-state index in [0.29, 0.717) is 0 Å². The number of unbranched alkanes of at least 4 members (excludes halogenated alkanes) is 9. The molecule has 0 saturated carbocycles. The summed E-state index contributed by atoms with van der Waals surface area (Å²) >= 11 is 0. The predicted molar refractivity (Wildman–Crippen MR) is 84.0 cm³/mol. The summed E-state index contributed by atoms with van der Waals surface area (Å²) in [5.74, 6) is 0. The van der Waals surface area contributed by atoms with Gasteiger partial charge in [-0.2, -0.15) is 0 Å². The summed E-state index contributed by atoms with van der Waals surface area (Å²) in [6, 6.07) is 0. The first kappa shape index (κ1) is 18.0. The summed E-state index contributed by atoms with van der Waals surface area (Å²) in [4.78, 5) is 0. The number of hydrogen-bond donors (Lipinski definition) is 0. The summed E-state index contributed by atoms with van der Waals surface area (Å²) in [6.07, 6.45) is 15.7. The quantitative estimate of drug-likeness (QED) is 0.306. The van der Waals surface area contributed by atoms with Crippen molar-refractivity contribution in [1.29, 1.82) is 0 Å². The molecule has 0 aromatic carbocycles. The normalized spacial score (nSPS) is 12.0. The number of hydrogen-bond acceptors (Lipinski definition) is 0. The molecule has 0 bridgehead atoms. The Balaban J connectivity index is 3.23. The second-order valence-corrected chi connectivity index (χ2v) is 6.56. The molecule has 1 heteroatoms. The predicted octanol–water partition coefficient (Wildman–Crippen LogP) is 5.39. The smallest absolute Gasteiger partial charge is 0.0782 e. The van der Waals surface area contributed by atoms with Crippen LogP contribution in [0.2, 0.25) is 0 Å². The summed E-state index contributed by atoms with van der Waals surface area (Å²) in [5.41, 5.74) is 0. The van der Waals surface area contributed by atoms with Crippen molar-refractivity contribution in [2.75, 3.05) is 27.2 Å². The van der Waals surface area contributed by atoms with Gasteiger partial charge in [-0.1, -0.05) is 65.2 Å². The van der Waals surface area contributed by atoms with E-state index in [2.05, 4.69) is 27.9 Å². The lowest BCUT2D eigenvalue weighted by Gasteiger charge is -2.29. The first-order chi connectivity index (χ1) is 8.62. The molecule has 0 heterocycles. The zero-order valence-electron chi connectivity index (χ0n) is 13.6. The van der Waals surface area contributed by atoms with Gasteiger partial charge in [0.2, 0.25) is 0 Å². The minimum absolute atomic E-state index is 1.23. The first-order valence-electron chi connectivity index (χ1n) is 8.44. The van der Waals surface area contributed by atoms with Crippen LogP contribution in [0.5, 0.6) is 0 Å². The van der Waals surface area contributed by atoms with Crippen LogP contribution in [0.4, 0.5) is 0 Å². The summed E-state index contributed by atoms with van der Waals surface area (Å²) < 4.78 is 1.23. The molecule has 1 nitrogen and oxygen atoms in total. The maximum absolute atomic E-state index is 2.39. The minimum Gasteiger partial charge on any atom is -0.328 e. The molecule has 0 amide bonds. The molecular formula is C17H38N+. The fourth-order valence-corrected chi connectivity index (χ4v) is 2.55. The molecule has 0 atom stereocenters. The Hall–Kier alpha value is -0.0400. The third kappa shape index (κ3) is 12.4. The van der Waals surface area contributed by atoms with Crippen LogP contribution in [0.25, 0.3) is 0 Å². The topological polar surface area (TPSA) is 0 Å². The van der Waals surface area contributed by atoms with E-state index in [9.17, 15) is 0 Å². The molecule has 0 fully saturated rings. The number of rotatable bonds is 13. The molecule has 0 saturated heterocycles. The van der Waals surface area contributed by atoms with Crippen LogP contribution in [0.15, 0.2) is 0 Å². The van der Waals surface area contributed by atoms with Gasteiger partial charge >= 0.3 is 0 Å². The van der Waals surface area contributed by atoms with E-state index in [1.807, 2.05) is 0 Å². The maximum atomic E-state index is 2.39. The van der Waals surface area contributed by atoms with Crippen molar-refractivity contribution in [3.63, 3.8) is 0 Å². The Morgan fingerprint density at radius 1 is 0.500 bits per heavy atom. The molecule has 0 aliphatic heterocycles. The highest BCUT2D eigenvalue weighted by Gasteiger charge is 2.12. The Kier molecular flexibility index (Phi) is 12.0. The zero-order chi connectivity index (χ0) is 13.7. The Morgan fingerprint density at radius 3 is 1.39 bits per heavy atom. The van der Waals surface area contributed by atoms with Gasteiger partial charge < -0.3 is 4.48 Å². The van der Waals surface area contributed by atoms with Crippen LogP contribution >= 0.6 is 0 Å². The molecule has 0 radical (unpaired) electrons. The highest BCUT2D eigenvalue weighted by molar-refractivity contribution is 4.47. The third-order valence-electron chi connectivity index (χ3n) is 3.98. The molecule has 0 N–H and O–H groups in total. The van der Waals surface area contributed by atoms with Gasteiger partial charge in [0.15, 0.2) is 0 Å². The van der Waals surface area contributed by atoms with E-state index >= 15 is 0 Å². The molecule has 0 spiro atoms. The van der Waals surface area contributed by atoms with Gasteiger partial charge in [0.25, 0.3) is 0 Å². The second kappa shape index (κ2) is 12.0. The van der Waals surface area contributed by atoms with Crippen molar-refractivity contribution in [2.24, 2.45) is 0 Å². The van der Waals surface area contributed by atoms with Gasteiger partial charge in [0.1, 0.15) is 0 Å². The first-order valence-corrected chi connectivity index (χ1v) is 8.44. The summed E-state index contributed by atoms with van der Waals surface area (Å²) in [7, 11) is 4.78. The molecule has 0 aromatic rings. The van der Waals surface area contributed by atoms with E-state index in [1.54, 1.807) is 0 Å².